The lowest BCUT2D eigenvalue weighted by molar-refractivity contribution is -0.141. The number of allylic oxidation sites excluding steroid dienone is 2. The number of hydrogen-bond donors (Lipinski definition) is 3. The molecule has 3 N–H and O–H groups in total. The van der Waals surface area contributed by atoms with Crippen LogP contribution in [-0.2, 0) is 15.7 Å². The van der Waals surface area contributed by atoms with Gasteiger partial charge in [-0.2, -0.15) is 13.2 Å². The summed E-state index contributed by atoms with van der Waals surface area (Å²) in [5.41, 5.74) is -0.835. The van der Waals surface area contributed by atoms with Crippen LogP contribution < -0.4 is 4.74 Å². The Morgan fingerprint density at radius 1 is 1.21 bits per heavy atom. The van der Waals surface area contributed by atoms with Gasteiger partial charge in [0, 0.05) is 19.3 Å². The van der Waals surface area contributed by atoms with Gasteiger partial charge in [0.2, 0.25) is 0 Å². The number of halogens is 3. The fourth-order valence-electron chi connectivity index (χ4n) is 3.91. The van der Waals surface area contributed by atoms with Gasteiger partial charge in [-0.15, -0.1) is 0 Å². The summed E-state index contributed by atoms with van der Waals surface area (Å²) in [6, 6.07) is 4.41. The molecule has 9 heteroatoms. The monoisotopic (exact) mass is 486 g/mol. The van der Waals surface area contributed by atoms with Crippen LogP contribution in [0.25, 0.3) is 0 Å². The van der Waals surface area contributed by atoms with Crippen molar-refractivity contribution in [3.8, 4) is 5.75 Å². The maximum absolute atomic E-state index is 12.8. The number of rotatable bonds is 12. The van der Waals surface area contributed by atoms with Crippen molar-refractivity contribution < 1.29 is 42.8 Å². The van der Waals surface area contributed by atoms with Gasteiger partial charge in [0.25, 0.3) is 0 Å². The van der Waals surface area contributed by atoms with Crippen LogP contribution in [0.5, 0.6) is 5.75 Å². The molecule has 1 fully saturated rings. The van der Waals surface area contributed by atoms with Crippen molar-refractivity contribution in [2.45, 2.75) is 63.5 Å². The van der Waals surface area contributed by atoms with Gasteiger partial charge in [0.05, 0.1) is 24.4 Å². The molecular weight excluding hydrogens is 453 g/mol. The number of carbonyl (C=O) groups excluding carboxylic acids is 1. The minimum absolute atomic E-state index is 0.00512. The first-order valence-electron chi connectivity index (χ1n) is 11.4. The fraction of sp³-hybridized carbons (Fsp3) is 0.560. The van der Waals surface area contributed by atoms with Crippen LogP contribution in [0.4, 0.5) is 13.2 Å². The molecule has 34 heavy (non-hydrogen) atoms. The zero-order valence-electron chi connectivity index (χ0n) is 19.2. The summed E-state index contributed by atoms with van der Waals surface area (Å²) < 4.78 is 48.5. The van der Waals surface area contributed by atoms with Crippen LogP contribution in [0.3, 0.4) is 0 Å². The van der Waals surface area contributed by atoms with Gasteiger partial charge in [-0.1, -0.05) is 30.4 Å². The first kappa shape index (κ1) is 27.9. The van der Waals surface area contributed by atoms with Gasteiger partial charge < -0.3 is 24.8 Å². The Morgan fingerprint density at radius 2 is 1.97 bits per heavy atom. The molecule has 0 amide bonds. The molecule has 0 bridgehead atoms. The maximum atomic E-state index is 12.8. The molecule has 0 saturated heterocycles. The zero-order chi connectivity index (χ0) is 25.1. The van der Waals surface area contributed by atoms with E-state index in [1.54, 1.807) is 6.08 Å². The number of carbonyl (C=O) groups is 1. The van der Waals surface area contributed by atoms with E-state index in [0.29, 0.717) is 13.0 Å². The van der Waals surface area contributed by atoms with Crippen LogP contribution in [0.1, 0.15) is 44.6 Å². The molecule has 1 aliphatic carbocycles. The highest BCUT2D eigenvalue weighted by Gasteiger charge is 2.39. The van der Waals surface area contributed by atoms with Gasteiger partial charge in [-0.25, -0.2) is 0 Å². The average molecular weight is 487 g/mol. The molecule has 1 saturated carbocycles. The normalized spacial score (nSPS) is 24.1. The van der Waals surface area contributed by atoms with Gasteiger partial charge in [-0.05, 0) is 49.8 Å². The zero-order valence-corrected chi connectivity index (χ0v) is 19.2. The third-order valence-electron chi connectivity index (χ3n) is 5.70. The van der Waals surface area contributed by atoms with Crippen molar-refractivity contribution >= 4 is 5.97 Å². The van der Waals surface area contributed by atoms with Gasteiger partial charge in [0.15, 0.2) is 0 Å². The van der Waals surface area contributed by atoms with Crippen molar-refractivity contribution in [1.29, 1.82) is 0 Å². The highest BCUT2D eigenvalue weighted by atomic mass is 19.4. The van der Waals surface area contributed by atoms with Crippen LogP contribution in [0, 0.1) is 11.8 Å². The van der Waals surface area contributed by atoms with Gasteiger partial charge in [0.1, 0.15) is 18.5 Å². The van der Waals surface area contributed by atoms with E-state index in [-0.39, 0.29) is 36.6 Å². The molecule has 2 rings (SSSR count). The lowest BCUT2D eigenvalue weighted by atomic mass is 9.89. The summed E-state index contributed by atoms with van der Waals surface area (Å²) in [5, 5.41) is 30.8. The second-order valence-corrected chi connectivity index (χ2v) is 8.44. The predicted octanol–water partition coefficient (Wildman–Crippen LogP) is 4.04. The summed E-state index contributed by atoms with van der Waals surface area (Å²) in [6.07, 6.45) is 3.21. The van der Waals surface area contributed by atoms with Crippen LogP contribution in [0.15, 0.2) is 48.6 Å². The highest BCUT2D eigenvalue weighted by Crippen LogP contribution is 2.36. The molecule has 0 heterocycles. The van der Waals surface area contributed by atoms with Gasteiger partial charge >= 0.3 is 12.1 Å². The minimum atomic E-state index is -4.48. The Morgan fingerprint density at radius 3 is 2.68 bits per heavy atom. The van der Waals surface area contributed by atoms with Crippen molar-refractivity contribution in [1.82, 2.24) is 0 Å². The molecule has 1 aliphatic rings. The molecule has 1 aromatic carbocycles. The number of benzene rings is 1. The molecule has 0 aliphatic heterocycles. The first-order chi connectivity index (χ1) is 16.1. The van der Waals surface area contributed by atoms with E-state index in [1.165, 1.54) is 25.1 Å². The maximum Gasteiger partial charge on any atom is 0.416 e. The molecule has 0 spiro atoms. The summed E-state index contributed by atoms with van der Waals surface area (Å²) >= 11 is 0. The number of esters is 1. The van der Waals surface area contributed by atoms with E-state index >= 15 is 0 Å². The third kappa shape index (κ3) is 9.48. The molecule has 0 radical (unpaired) electrons. The molecule has 5 atom stereocenters. The largest absolute Gasteiger partial charge is 0.491 e. The van der Waals surface area contributed by atoms with Crippen LogP contribution >= 0.6 is 0 Å². The summed E-state index contributed by atoms with van der Waals surface area (Å²) in [6.45, 7) is 1.51. The topological polar surface area (TPSA) is 96.2 Å². The Bertz CT molecular complexity index is 823. The number of unbranched alkanes of at least 4 members (excludes halogenated alkanes) is 2. The van der Waals surface area contributed by atoms with E-state index in [9.17, 15) is 33.3 Å². The van der Waals surface area contributed by atoms with Crippen molar-refractivity contribution in [2.75, 3.05) is 13.2 Å². The summed E-state index contributed by atoms with van der Waals surface area (Å²) in [7, 11) is 0. The second kappa shape index (κ2) is 13.5. The van der Waals surface area contributed by atoms with Gasteiger partial charge in [-0.3, -0.25) is 4.79 Å². The second-order valence-electron chi connectivity index (χ2n) is 8.44. The Kier molecular flexibility index (Phi) is 11.1. The van der Waals surface area contributed by atoms with Crippen LogP contribution in [-0.4, -0.2) is 52.8 Å². The smallest absolute Gasteiger partial charge is 0.416 e. The number of ether oxygens (including phenoxy) is 2. The average Bonchev–Trinajstić information content (AvgIpc) is 3.04. The van der Waals surface area contributed by atoms with E-state index in [2.05, 4.69) is 0 Å². The quantitative estimate of drug-likeness (QED) is 0.235. The number of alkyl halides is 3. The standard InChI is InChI=1S/C25H33F3O6/c1-17(29)33-13-6-4-2-3-5-10-21-22(24(32)15-23(21)31)12-11-19(30)16-34-20-9-7-8-18(14-20)25(26,27)28/h3,5,7-9,11-12,14,19,21-24,30-32H,2,4,6,10,13,15-16H2,1H3/b5-3-,12-11+/t19-,21-,22-,23+,24-/m1/s1. The van der Waals surface area contributed by atoms with Crippen LogP contribution in [0.2, 0.25) is 0 Å². The summed E-state index contributed by atoms with van der Waals surface area (Å²) in [4.78, 5) is 10.7. The minimum Gasteiger partial charge on any atom is -0.491 e. The number of hydrogen-bond acceptors (Lipinski definition) is 6. The third-order valence-corrected chi connectivity index (χ3v) is 5.70. The van der Waals surface area contributed by atoms with Crippen molar-refractivity contribution in [3.05, 3.63) is 54.1 Å². The number of aliphatic hydroxyl groups excluding tert-OH is 3. The molecule has 1 aromatic rings. The Balaban J connectivity index is 1.81. The van der Waals surface area contributed by atoms with E-state index in [0.717, 1.165) is 31.4 Å². The highest BCUT2D eigenvalue weighted by molar-refractivity contribution is 5.65. The molecule has 6 nitrogen and oxygen atoms in total. The van der Waals surface area contributed by atoms with Crippen molar-refractivity contribution in [3.63, 3.8) is 0 Å². The lowest BCUT2D eigenvalue weighted by Crippen LogP contribution is -2.21. The Labute approximate surface area is 197 Å². The molecule has 0 unspecified atom stereocenters. The SMILES string of the molecule is CC(=O)OCCCC/C=C\C[C@@H]1[C@@H](/C=C/[C@@H](O)COc2cccc(C(F)(F)F)c2)[C@H](O)C[C@@H]1O. The molecular formula is C25H33F3O6. The van der Waals surface area contributed by atoms with E-state index in [1.807, 2.05) is 12.2 Å². The molecule has 190 valence electrons. The predicted molar refractivity (Wildman–Crippen MR) is 120 cm³/mol. The van der Waals surface area contributed by atoms with Crippen molar-refractivity contribution in [2.24, 2.45) is 11.8 Å². The number of aliphatic hydroxyl groups is 3. The first-order valence-corrected chi connectivity index (χ1v) is 11.4. The van der Waals surface area contributed by atoms with E-state index in [4.69, 9.17) is 9.47 Å². The lowest BCUT2D eigenvalue weighted by Gasteiger charge is -2.19. The molecule has 0 aromatic heterocycles. The Hall–Kier alpha value is -2.36. The van der Waals surface area contributed by atoms with E-state index < -0.39 is 30.1 Å². The summed E-state index contributed by atoms with van der Waals surface area (Å²) in [5.74, 6) is -0.892. The fourth-order valence-corrected chi connectivity index (χ4v) is 3.91.